The molecule has 4 nitrogen and oxygen atoms in total. The highest BCUT2D eigenvalue weighted by Crippen LogP contribution is 2.20. The summed E-state index contributed by atoms with van der Waals surface area (Å²) in [6.07, 6.45) is 0. The van der Waals surface area contributed by atoms with Crippen molar-refractivity contribution in [1.82, 2.24) is 0 Å². The maximum Gasteiger partial charge on any atom is 0.335 e. The molecule has 0 spiro atoms. The maximum atomic E-state index is 10.8. The molecule has 0 fully saturated rings. The summed E-state index contributed by atoms with van der Waals surface area (Å²) in [5.41, 5.74) is 1.27. The third kappa shape index (κ3) is 3.11. The second-order valence-corrected chi connectivity index (χ2v) is 3.90. The fourth-order valence-electron chi connectivity index (χ4n) is 1.61. The zero-order valence-corrected chi connectivity index (χ0v) is 10.0. The van der Waals surface area contributed by atoms with Gasteiger partial charge in [0.25, 0.3) is 0 Å². The van der Waals surface area contributed by atoms with Gasteiger partial charge >= 0.3 is 5.97 Å². The van der Waals surface area contributed by atoms with E-state index in [2.05, 4.69) is 0 Å². The van der Waals surface area contributed by atoms with Crippen molar-refractivity contribution < 1.29 is 14.6 Å². The molecule has 94 valence electrons. The summed E-state index contributed by atoms with van der Waals surface area (Å²) in [6, 6.07) is 15.7. The van der Waals surface area contributed by atoms with Gasteiger partial charge in [0.05, 0.1) is 11.1 Å². The minimum atomic E-state index is -1.06. The molecule has 0 aromatic heterocycles. The first-order valence-corrected chi connectivity index (χ1v) is 5.65. The summed E-state index contributed by atoms with van der Waals surface area (Å²) in [5.74, 6) is -0.678. The molecule has 1 N–H and O–H groups in total. The fourth-order valence-corrected chi connectivity index (χ4v) is 1.61. The van der Waals surface area contributed by atoms with E-state index in [1.807, 2.05) is 36.4 Å². The van der Waals surface area contributed by atoms with Crippen LogP contribution in [0.1, 0.15) is 21.5 Å². The third-order valence-electron chi connectivity index (χ3n) is 2.58. The van der Waals surface area contributed by atoms with Crippen LogP contribution in [0.5, 0.6) is 5.75 Å². The quantitative estimate of drug-likeness (QED) is 0.909. The molecule has 0 aliphatic rings. The van der Waals surface area contributed by atoms with Gasteiger partial charge in [-0.25, -0.2) is 4.79 Å². The van der Waals surface area contributed by atoms with Crippen LogP contribution in [0.4, 0.5) is 0 Å². The molecule has 0 amide bonds. The van der Waals surface area contributed by atoms with Crippen LogP contribution >= 0.6 is 0 Å². The van der Waals surface area contributed by atoms with Crippen LogP contribution in [0.2, 0.25) is 0 Å². The number of carboxylic acid groups (broad SMARTS) is 1. The summed E-state index contributed by atoms with van der Waals surface area (Å²) in [7, 11) is 0. The Labute approximate surface area is 110 Å². The third-order valence-corrected chi connectivity index (χ3v) is 2.58. The van der Waals surface area contributed by atoms with Crippen molar-refractivity contribution in [2.75, 3.05) is 0 Å². The molecule has 0 aliphatic carbocycles. The fraction of sp³-hybridized carbons (Fsp3) is 0.0667. The Morgan fingerprint density at radius 3 is 2.58 bits per heavy atom. The van der Waals surface area contributed by atoms with Crippen LogP contribution < -0.4 is 4.74 Å². The van der Waals surface area contributed by atoms with Gasteiger partial charge < -0.3 is 9.84 Å². The van der Waals surface area contributed by atoms with Gasteiger partial charge in [0.1, 0.15) is 18.4 Å². The molecule has 4 heteroatoms. The SMILES string of the molecule is N#Cc1cc(C(=O)O)ccc1OCc1ccccc1. The first kappa shape index (κ1) is 12.7. The lowest BCUT2D eigenvalue weighted by Gasteiger charge is -2.08. The number of benzene rings is 2. The predicted molar refractivity (Wildman–Crippen MR) is 68.9 cm³/mol. The first-order valence-electron chi connectivity index (χ1n) is 5.65. The summed E-state index contributed by atoms with van der Waals surface area (Å²) >= 11 is 0. The number of carbonyl (C=O) groups is 1. The van der Waals surface area contributed by atoms with Gasteiger partial charge in [-0.05, 0) is 23.8 Å². The normalized spacial score (nSPS) is 9.63. The summed E-state index contributed by atoms with van der Waals surface area (Å²) in [4.78, 5) is 10.8. The Kier molecular flexibility index (Phi) is 3.79. The van der Waals surface area contributed by atoms with Crippen molar-refractivity contribution in [3.05, 3.63) is 65.2 Å². The average Bonchev–Trinajstić information content (AvgIpc) is 2.45. The lowest BCUT2D eigenvalue weighted by molar-refractivity contribution is 0.0697. The van der Waals surface area contributed by atoms with Crippen molar-refractivity contribution in [3.8, 4) is 11.8 Å². The van der Waals surface area contributed by atoms with Crippen LogP contribution in [-0.2, 0) is 6.61 Å². The molecule has 2 rings (SSSR count). The highest BCUT2D eigenvalue weighted by molar-refractivity contribution is 5.88. The average molecular weight is 253 g/mol. The number of nitrogens with zero attached hydrogens (tertiary/aromatic N) is 1. The van der Waals surface area contributed by atoms with Crippen LogP contribution in [0.15, 0.2) is 48.5 Å². The van der Waals surface area contributed by atoms with Gasteiger partial charge in [-0.15, -0.1) is 0 Å². The standard InChI is InChI=1S/C15H11NO3/c16-9-13-8-12(15(17)18)6-7-14(13)19-10-11-4-2-1-3-5-11/h1-8H,10H2,(H,17,18). The van der Waals surface area contributed by atoms with Gasteiger partial charge in [-0.1, -0.05) is 30.3 Å². The van der Waals surface area contributed by atoms with E-state index in [0.717, 1.165) is 5.56 Å². The number of ether oxygens (including phenoxy) is 1. The van der Waals surface area contributed by atoms with E-state index >= 15 is 0 Å². The number of rotatable bonds is 4. The summed E-state index contributed by atoms with van der Waals surface area (Å²) in [6.45, 7) is 0.335. The summed E-state index contributed by atoms with van der Waals surface area (Å²) < 4.78 is 5.53. The number of hydrogen-bond acceptors (Lipinski definition) is 3. The monoisotopic (exact) mass is 253 g/mol. The van der Waals surface area contributed by atoms with Crippen molar-refractivity contribution in [2.24, 2.45) is 0 Å². The van der Waals surface area contributed by atoms with Crippen LogP contribution in [-0.4, -0.2) is 11.1 Å². The van der Waals surface area contributed by atoms with Gasteiger partial charge in [0.2, 0.25) is 0 Å². The van der Waals surface area contributed by atoms with E-state index in [9.17, 15) is 4.79 Å². The van der Waals surface area contributed by atoms with Crippen LogP contribution in [0.3, 0.4) is 0 Å². The lowest BCUT2D eigenvalue weighted by atomic mass is 10.1. The predicted octanol–water partition coefficient (Wildman–Crippen LogP) is 2.84. The Morgan fingerprint density at radius 2 is 1.95 bits per heavy atom. The molecule has 0 saturated heterocycles. The molecule has 0 aliphatic heterocycles. The highest BCUT2D eigenvalue weighted by Gasteiger charge is 2.09. The van der Waals surface area contributed by atoms with Crippen molar-refractivity contribution >= 4 is 5.97 Å². The van der Waals surface area contributed by atoms with Gasteiger partial charge in [-0.3, -0.25) is 0 Å². The molecule has 0 heterocycles. The Hall–Kier alpha value is -2.80. The molecule has 0 unspecified atom stereocenters. The van der Waals surface area contributed by atoms with E-state index in [-0.39, 0.29) is 11.1 Å². The highest BCUT2D eigenvalue weighted by atomic mass is 16.5. The molecule has 2 aromatic rings. The zero-order chi connectivity index (χ0) is 13.7. The van der Waals surface area contributed by atoms with E-state index in [1.54, 1.807) is 0 Å². The molecule has 0 radical (unpaired) electrons. The summed E-state index contributed by atoms with van der Waals surface area (Å²) in [5, 5.41) is 17.9. The number of aromatic carboxylic acids is 1. The minimum Gasteiger partial charge on any atom is -0.488 e. The van der Waals surface area contributed by atoms with Crippen molar-refractivity contribution in [1.29, 1.82) is 5.26 Å². The second kappa shape index (κ2) is 5.69. The molecule has 0 saturated carbocycles. The number of hydrogen-bond donors (Lipinski definition) is 1. The second-order valence-electron chi connectivity index (χ2n) is 3.90. The largest absolute Gasteiger partial charge is 0.488 e. The molecule has 0 bridgehead atoms. The maximum absolute atomic E-state index is 10.8. The lowest BCUT2D eigenvalue weighted by Crippen LogP contribution is -2.00. The van der Waals surface area contributed by atoms with E-state index in [4.69, 9.17) is 15.1 Å². The molecular formula is C15H11NO3. The van der Waals surface area contributed by atoms with Gasteiger partial charge in [0.15, 0.2) is 0 Å². The molecule has 19 heavy (non-hydrogen) atoms. The van der Waals surface area contributed by atoms with Crippen molar-refractivity contribution in [3.63, 3.8) is 0 Å². The Bertz CT molecular complexity index is 630. The molecular weight excluding hydrogens is 242 g/mol. The van der Waals surface area contributed by atoms with Crippen LogP contribution in [0.25, 0.3) is 0 Å². The van der Waals surface area contributed by atoms with Gasteiger partial charge in [-0.2, -0.15) is 5.26 Å². The Morgan fingerprint density at radius 1 is 1.21 bits per heavy atom. The van der Waals surface area contributed by atoms with Gasteiger partial charge in [0, 0.05) is 0 Å². The van der Waals surface area contributed by atoms with Crippen LogP contribution in [0, 0.1) is 11.3 Å². The number of nitriles is 1. The first-order chi connectivity index (χ1) is 9.20. The topological polar surface area (TPSA) is 70.3 Å². The minimum absolute atomic E-state index is 0.0728. The smallest absolute Gasteiger partial charge is 0.335 e. The number of carboxylic acids is 1. The zero-order valence-electron chi connectivity index (χ0n) is 10.0. The Balaban J connectivity index is 2.17. The molecule has 0 atom stereocenters. The van der Waals surface area contributed by atoms with E-state index in [1.165, 1.54) is 18.2 Å². The van der Waals surface area contributed by atoms with Crippen molar-refractivity contribution in [2.45, 2.75) is 6.61 Å². The van der Waals surface area contributed by atoms with E-state index < -0.39 is 5.97 Å². The molecule has 2 aromatic carbocycles. The van der Waals surface area contributed by atoms with E-state index in [0.29, 0.717) is 12.4 Å².